The monoisotopic (exact) mass is 356 g/mol. The molecule has 1 aromatic carbocycles. The smallest absolute Gasteiger partial charge is 0.337 e. The van der Waals surface area contributed by atoms with Gasteiger partial charge in [-0.25, -0.2) is 9.78 Å². The largest absolute Gasteiger partial charge is 0.497 e. The third-order valence-corrected chi connectivity index (χ3v) is 5.22. The quantitative estimate of drug-likeness (QED) is 0.828. The summed E-state index contributed by atoms with van der Waals surface area (Å²) in [5, 5.41) is 19.0. The Hall–Kier alpha value is -2.60. The maximum Gasteiger partial charge on any atom is 0.337 e. The molecule has 3 rings (SSSR count). The van der Waals surface area contributed by atoms with Crippen LogP contribution in [-0.2, 0) is 6.42 Å². The third-order valence-electron chi connectivity index (χ3n) is 5.22. The number of carbonyl (C=O) groups is 1. The van der Waals surface area contributed by atoms with Crippen molar-refractivity contribution in [1.82, 2.24) is 4.98 Å². The minimum Gasteiger partial charge on any atom is -0.497 e. The van der Waals surface area contributed by atoms with E-state index in [0.717, 1.165) is 43.9 Å². The van der Waals surface area contributed by atoms with E-state index in [-0.39, 0.29) is 17.6 Å². The van der Waals surface area contributed by atoms with Gasteiger partial charge in [0.1, 0.15) is 11.6 Å². The highest BCUT2D eigenvalue weighted by Gasteiger charge is 2.34. The predicted molar refractivity (Wildman–Crippen MR) is 98.9 cm³/mol. The first-order chi connectivity index (χ1) is 12.5. The minimum atomic E-state index is -0.971. The van der Waals surface area contributed by atoms with Crippen molar-refractivity contribution in [3.8, 4) is 5.75 Å². The summed E-state index contributed by atoms with van der Waals surface area (Å²) in [4.78, 5) is 17.4. The van der Waals surface area contributed by atoms with E-state index in [0.29, 0.717) is 0 Å². The van der Waals surface area contributed by atoms with Crippen LogP contribution in [0.4, 0.5) is 5.82 Å². The fourth-order valence-electron chi connectivity index (χ4n) is 3.48. The number of carboxylic acids is 1. The molecular weight excluding hydrogens is 332 g/mol. The topological polar surface area (TPSA) is 82.9 Å². The summed E-state index contributed by atoms with van der Waals surface area (Å²) in [6.45, 7) is 1.73. The number of hydrogen-bond acceptors (Lipinski definition) is 5. The Labute approximate surface area is 153 Å². The van der Waals surface area contributed by atoms with Crippen LogP contribution in [0.15, 0.2) is 42.6 Å². The van der Waals surface area contributed by atoms with E-state index in [2.05, 4.69) is 22.0 Å². The van der Waals surface area contributed by atoms with Gasteiger partial charge in [-0.1, -0.05) is 12.1 Å². The number of pyridine rings is 1. The number of nitrogens with zero attached hydrogens (tertiary/aromatic N) is 2. The lowest BCUT2D eigenvalue weighted by molar-refractivity contribution is 0.0696. The molecule has 26 heavy (non-hydrogen) atoms. The van der Waals surface area contributed by atoms with Crippen LogP contribution in [0, 0.1) is 5.41 Å². The van der Waals surface area contributed by atoms with Gasteiger partial charge in [0.05, 0.1) is 12.7 Å². The second kappa shape index (κ2) is 7.74. The van der Waals surface area contributed by atoms with Crippen LogP contribution in [0.3, 0.4) is 0 Å². The molecular formula is C20H24N2O4. The third kappa shape index (κ3) is 3.96. The van der Waals surface area contributed by atoms with E-state index in [4.69, 9.17) is 9.84 Å². The lowest BCUT2D eigenvalue weighted by Gasteiger charge is -2.41. The Balaban J connectivity index is 1.65. The molecule has 0 amide bonds. The number of piperidine rings is 1. The van der Waals surface area contributed by atoms with Crippen molar-refractivity contribution in [3.63, 3.8) is 0 Å². The Kier molecular flexibility index (Phi) is 5.42. The molecule has 1 aromatic heterocycles. The fourth-order valence-corrected chi connectivity index (χ4v) is 3.48. The molecule has 1 fully saturated rings. The second-order valence-electron chi connectivity index (χ2n) is 6.88. The number of aliphatic hydroxyl groups excluding tert-OH is 1. The second-order valence-corrected chi connectivity index (χ2v) is 6.88. The van der Waals surface area contributed by atoms with Gasteiger partial charge in [0.2, 0.25) is 0 Å². The zero-order chi connectivity index (χ0) is 18.6. The Bertz CT molecular complexity index is 735. The molecule has 138 valence electrons. The highest BCUT2D eigenvalue weighted by atomic mass is 16.5. The van der Waals surface area contributed by atoms with E-state index >= 15 is 0 Å². The van der Waals surface area contributed by atoms with Gasteiger partial charge in [0, 0.05) is 31.3 Å². The SMILES string of the molecule is COc1ccc(CC2(CO)CCN(c3ccc(C(=O)O)cn3)CC2)cc1. The van der Waals surface area contributed by atoms with Crippen LogP contribution >= 0.6 is 0 Å². The molecule has 2 N–H and O–H groups in total. The molecule has 1 aliphatic heterocycles. The summed E-state index contributed by atoms with van der Waals surface area (Å²) in [6.07, 6.45) is 3.94. The molecule has 1 saturated heterocycles. The number of aromatic nitrogens is 1. The van der Waals surface area contributed by atoms with E-state index in [1.807, 2.05) is 12.1 Å². The van der Waals surface area contributed by atoms with Gasteiger partial charge in [-0.2, -0.15) is 0 Å². The Morgan fingerprint density at radius 2 is 1.88 bits per heavy atom. The molecule has 0 aliphatic carbocycles. The number of methoxy groups -OCH3 is 1. The zero-order valence-corrected chi connectivity index (χ0v) is 14.9. The summed E-state index contributed by atoms with van der Waals surface area (Å²) < 4.78 is 5.20. The number of aliphatic hydroxyl groups is 1. The van der Waals surface area contributed by atoms with E-state index < -0.39 is 5.97 Å². The zero-order valence-electron chi connectivity index (χ0n) is 14.9. The summed E-state index contributed by atoms with van der Waals surface area (Å²) in [7, 11) is 1.65. The number of carboxylic acid groups (broad SMARTS) is 1. The first kappa shape index (κ1) is 18.2. The number of benzene rings is 1. The van der Waals surface area contributed by atoms with Crippen molar-refractivity contribution in [2.75, 3.05) is 31.7 Å². The average molecular weight is 356 g/mol. The van der Waals surface area contributed by atoms with Gasteiger partial charge in [-0.05, 0) is 49.1 Å². The van der Waals surface area contributed by atoms with Crippen molar-refractivity contribution < 1.29 is 19.7 Å². The summed E-state index contributed by atoms with van der Waals surface area (Å²) in [5.74, 6) is 0.643. The number of hydrogen-bond donors (Lipinski definition) is 2. The number of ether oxygens (including phenoxy) is 1. The maximum atomic E-state index is 10.9. The Morgan fingerprint density at radius 1 is 1.19 bits per heavy atom. The number of rotatable bonds is 6. The van der Waals surface area contributed by atoms with Crippen molar-refractivity contribution in [2.45, 2.75) is 19.3 Å². The Morgan fingerprint density at radius 3 is 2.38 bits per heavy atom. The molecule has 0 radical (unpaired) electrons. The normalized spacial score (nSPS) is 16.3. The summed E-state index contributed by atoms with van der Waals surface area (Å²) >= 11 is 0. The van der Waals surface area contributed by atoms with Crippen LogP contribution in [0.5, 0.6) is 5.75 Å². The summed E-state index contributed by atoms with van der Waals surface area (Å²) in [5.41, 5.74) is 1.25. The van der Waals surface area contributed by atoms with Gasteiger partial charge in [0.15, 0.2) is 0 Å². The van der Waals surface area contributed by atoms with Gasteiger partial charge >= 0.3 is 5.97 Å². The van der Waals surface area contributed by atoms with Crippen molar-refractivity contribution in [1.29, 1.82) is 0 Å². The molecule has 0 saturated carbocycles. The molecule has 0 atom stereocenters. The lowest BCUT2D eigenvalue weighted by atomic mass is 9.74. The fraction of sp³-hybridized carbons (Fsp3) is 0.400. The van der Waals surface area contributed by atoms with Crippen LogP contribution < -0.4 is 9.64 Å². The highest BCUT2D eigenvalue weighted by Crippen LogP contribution is 2.36. The number of aromatic carboxylic acids is 1. The van der Waals surface area contributed by atoms with Gasteiger partial charge in [0.25, 0.3) is 0 Å². The van der Waals surface area contributed by atoms with E-state index in [9.17, 15) is 9.90 Å². The van der Waals surface area contributed by atoms with Crippen LogP contribution in [0.2, 0.25) is 0 Å². The molecule has 0 spiro atoms. The molecule has 2 aromatic rings. The number of anilines is 1. The molecule has 2 heterocycles. The van der Waals surface area contributed by atoms with E-state index in [1.165, 1.54) is 11.8 Å². The van der Waals surface area contributed by atoms with Crippen molar-refractivity contribution in [3.05, 3.63) is 53.7 Å². The first-order valence-electron chi connectivity index (χ1n) is 8.73. The molecule has 6 heteroatoms. The minimum absolute atomic E-state index is 0.133. The van der Waals surface area contributed by atoms with Gasteiger partial charge in [-0.15, -0.1) is 0 Å². The molecule has 6 nitrogen and oxygen atoms in total. The van der Waals surface area contributed by atoms with Crippen molar-refractivity contribution >= 4 is 11.8 Å². The maximum absolute atomic E-state index is 10.9. The van der Waals surface area contributed by atoms with Crippen molar-refractivity contribution in [2.24, 2.45) is 5.41 Å². The highest BCUT2D eigenvalue weighted by molar-refractivity contribution is 5.87. The predicted octanol–water partition coefficient (Wildman–Crippen LogP) is 2.61. The summed E-state index contributed by atoms with van der Waals surface area (Å²) in [6, 6.07) is 11.3. The average Bonchev–Trinajstić information content (AvgIpc) is 2.69. The van der Waals surface area contributed by atoms with E-state index in [1.54, 1.807) is 19.2 Å². The molecule has 1 aliphatic rings. The molecule has 0 bridgehead atoms. The van der Waals surface area contributed by atoms with Crippen LogP contribution in [0.25, 0.3) is 0 Å². The van der Waals surface area contributed by atoms with Gasteiger partial charge < -0.3 is 19.8 Å². The first-order valence-corrected chi connectivity index (χ1v) is 8.73. The lowest BCUT2D eigenvalue weighted by Crippen LogP contribution is -2.43. The van der Waals surface area contributed by atoms with Crippen LogP contribution in [-0.4, -0.2) is 48.0 Å². The standard InChI is InChI=1S/C20H24N2O4/c1-26-17-5-2-15(3-6-17)12-20(14-23)8-10-22(11-9-20)18-7-4-16(13-21-18)19(24)25/h2-7,13,23H,8-12,14H2,1H3,(H,24,25). The van der Waals surface area contributed by atoms with Gasteiger partial charge in [-0.3, -0.25) is 0 Å². The van der Waals surface area contributed by atoms with Crippen LogP contribution in [0.1, 0.15) is 28.8 Å². The molecule has 0 unspecified atom stereocenters.